The number of rotatable bonds is 3. The molecule has 2 aromatic rings. The van der Waals surface area contributed by atoms with Gasteiger partial charge in [-0.3, -0.25) is 4.79 Å². The molecule has 1 amide bonds. The van der Waals surface area contributed by atoms with E-state index in [2.05, 4.69) is 33.8 Å². The molecule has 1 fully saturated rings. The predicted molar refractivity (Wildman–Crippen MR) is 108 cm³/mol. The minimum Gasteiger partial charge on any atom is -0.399 e. The van der Waals surface area contributed by atoms with Gasteiger partial charge in [-0.2, -0.15) is 0 Å². The van der Waals surface area contributed by atoms with Crippen LogP contribution in [0.2, 0.25) is 0 Å². The number of hydrogen-bond donors (Lipinski definition) is 0. The van der Waals surface area contributed by atoms with Crippen LogP contribution in [0.4, 0.5) is 5.69 Å². The molecule has 4 nitrogen and oxygen atoms in total. The first-order valence-electron chi connectivity index (χ1n) is 9.60. The molecule has 2 aliphatic heterocycles. The number of fused-ring (bicyclic) bond motifs is 1. The largest absolute Gasteiger partial charge is 0.494 e. The summed E-state index contributed by atoms with van der Waals surface area (Å²) in [5.41, 5.74) is 3.55. The molecule has 0 radical (unpaired) electrons. The van der Waals surface area contributed by atoms with Crippen molar-refractivity contribution in [2.24, 2.45) is 0 Å². The maximum absolute atomic E-state index is 12.8. The normalized spacial score (nSPS) is 20.0. The molecular weight excluding hydrogens is 337 g/mol. The molecule has 0 unspecified atom stereocenters. The summed E-state index contributed by atoms with van der Waals surface area (Å²) >= 11 is 0. The molecular formula is C22H26BNO3. The molecule has 0 bridgehead atoms. The standard InChI is InChI=1S/C22H26BNO3/c1-21(2)22(3,4)27-23(26-21)18-10-11-19-17(15-18)12-13-24(19)20(25)14-16-8-6-5-7-9-16/h5-11,15H,12-14H2,1-4H3. The lowest BCUT2D eigenvalue weighted by molar-refractivity contribution is -0.117. The van der Waals surface area contributed by atoms with Gasteiger partial charge in [-0.25, -0.2) is 0 Å². The maximum Gasteiger partial charge on any atom is 0.494 e. The van der Waals surface area contributed by atoms with Gasteiger partial charge in [0.2, 0.25) is 5.91 Å². The van der Waals surface area contributed by atoms with E-state index < -0.39 is 0 Å². The van der Waals surface area contributed by atoms with Crippen molar-refractivity contribution in [3.8, 4) is 0 Å². The number of carbonyl (C=O) groups is 1. The van der Waals surface area contributed by atoms with Gasteiger partial charge < -0.3 is 14.2 Å². The van der Waals surface area contributed by atoms with E-state index in [1.165, 1.54) is 5.56 Å². The molecule has 27 heavy (non-hydrogen) atoms. The summed E-state index contributed by atoms with van der Waals surface area (Å²) < 4.78 is 12.3. The van der Waals surface area contributed by atoms with Crippen LogP contribution in [0.5, 0.6) is 0 Å². The van der Waals surface area contributed by atoms with E-state index >= 15 is 0 Å². The first kappa shape index (κ1) is 18.3. The Hall–Kier alpha value is -2.11. The molecule has 2 aromatic carbocycles. The average molecular weight is 363 g/mol. The molecule has 2 aliphatic rings. The smallest absolute Gasteiger partial charge is 0.399 e. The number of hydrogen-bond acceptors (Lipinski definition) is 3. The Labute approximate surface area is 161 Å². The second-order valence-electron chi connectivity index (χ2n) is 8.43. The molecule has 0 saturated carbocycles. The molecule has 0 atom stereocenters. The number of nitrogens with zero attached hydrogens (tertiary/aromatic N) is 1. The van der Waals surface area contributed by atoms with Crippen molar-refractivity contribution in [1.29, 1.82) is 0 Å². The van der Waals surface area contributed by atoms with Crippen molar-refractivity contribution < 1.29 is 14.1 Å². The number of anilines is 1. The first-order chi connectivity index (χ1) is 12.8. The van der Waals surface area contributed by atoms with Gasteiger partial charge in [0.25, 0.3) is 0 Å². The zero-order valence-electron chi connectivity index (χ0n) is 16.5. The third-order valence-electron chi connectivity index (χ3n) is 6.02. The highest BCUT2D eigenvalue weighted by Gasteiger charge is 2.51. The van der Waals surface area contributed by atoms with E-state index in [1.807, 2.05) is 47.4 Å². The fourth-order valence-corrected chi connectivity index (χ4v) is 3.67. The summed E-state index contributed by atoms with van der Waals surface area (Å²) in [6, 6.07) is 16.1. The molecule has 140 valence electrons. The molecule has 4 rings (SSSR count). The fraction of sp³-hybridized carbons (Fsp3) is 0.409. The van der Waals surface area contributed by atoms with Gasteiger partial charge in [-0.1, -0.05) is 42.5 Å². The molecule has 0 N–H and O–H groups in total. The second kappa shape index (κ2) is 6.50. The Bertz CT molecular complexity index is 847. The van der Waals surface area contributed by atoms with E-state index in [-0.39, 0.29) is 24.2 Å². The molecule has 0 spiro atoms. The van der Waals surface area contributed by atoms with E-state index in [1.54, 1.807) is 0 Å². The van der Waals surface area contributed by atoms with Crippen LogP contribution >= 0.6 is 0 Å². The number of amides is 1. The van der Waals surface area contributed by atoms with E-state index in [9.17, 15) is 4.79 Å². The van der Waals surface area contributed by atoms with Crippen LogP contribution in [-0.4, -0.2) is 30.8 Å². The van der Waals surface area contributed by atoms with Gasteiger partial charge >= 0.3 is 7.12 Å². The van der Waals surface area contributed by atoms with Gasteiger partial charge in [-0.15, -0.1) is 0 Å². The van der Waals surface area contributed by atoms with Crippen molar-refractivity contribution in [2.75, 3.05) is 11.4 Å². The lowest BCUT2D eigenvalue weighted by atomic mass is 9.78. The molecule has 5 heteroatoms. The van der Waals surface area contributed by atoms with Crippen molar-refractivity contribution in [1.82, 2.24) is 0 Å². The highest BCUT2D eigenvalue weighted by atomic mass is 16.7. The third-order valence-corrected chi connectivity index (χ3v) is 6.02. The van der Waals surface area contributed by atoms with Crippen molar-refractivity contribution in [3.63, 3.8) is 0 Å². The highest BCUT2D eigenvalue weighted by molar-refractivity contribution is 6.62. The minimum absolute atomic E-state index is 0.142. The Balaban J connectivity index is 1.52. The molecule has 1 saturated heterocycles. The number of carbonyl (C=O) groups excluding carboxylic acids is 1. The summed E-state index contributed by atoms with van der Waals surface area (Å²) in [6.07, 6.45) is 1.29. The zero-order chi connectivity index (χ0) is 19.2. The van der Waals surface area contributed by atoms with Crippen LogP contribution in [-0.2, 0) is 26.9 Å². The monoisotopic (exact) mass is 363 g/mol. The Kier molecular flexibility index (Phi) is 4.40. The van der Waals surface area contributed by atoms with Crippen LogP contribution in [0.1, 0.15) is 38.8 Å². The summed E-state index contributed by atoms with van der Waals surface area (Å²) in [4.78, 5) is 14.7. The highest BCUT2D eigenvalue weighted by Crippen LogP contribution is 2.37. The van der Waals surface area contributed by atoms with Gasteiger partial charge in [0.15, 0.2) is 0 Å². The predicted octanol–water partition coefficient (Wildman–Crippen LogP) is 3.12. The van der Waals surface area contributed by atoms with Crippen LogP contribution in [0.15, 0.2) is 48.5 Å². The van der Waals surface area contributed by atoms with Gasteiger partial charge in [0, 0.05) is 12.2 Å². The van der Waals surface area contributed by atoms with E-state index in [0.29, 0.717) is 6.42 Å². The van der Waals surface area contributed by atoms with Crippen LogP contribution in [0.3, 0.4) is 0 Å². The van der Waals surface area contributed by atoms with Gasteiger partial charge in [0.1, 0.15) is 0 Å². The summed E-state index contributed by atoms with van der Waals surface area (Å²) in [5.74, 6) is 0.142. The summed E-state index contributed by atoms with van der Waals surface area (Å²) in [7, 11) is -0.366. The Morgan fingerprint density at radius 1 is 1.04 bits per heavy atom. The lowest BCUT2D eigenvalue weighted by Gasteiger charge is -2.32. The molecule has 0 aromatic heterocycles. The summed E-state index contributed by atoms with van der Waals surface area (Å²) in [6.45, 7) is 8.97. The second-order valence-corrected chi connectivity index (χ2v) is 8.43. The Morgan fingerprint density at radius 2 is 1.70 bits per heavy atom. The maximum atomic E-state index is 12.8. The number of benzene rings is 2. The first-order valence-corrected chi connectivity index (χ1v) is 9.60. The van der Waals surface area contributed by atoms with Crippen LogP contribution in [0, 0.1) is 0 Å². The minimum atomic E-state index is -0.366. The van der Waals surface area contributed by atoms with Gasteiger partial charge in [0.05, 0.1) is 17.6 Å². The average Bonchev–Trinajstić information content (AvgIpc) is 3.13. The van der Waals surface area contributed by atoms with Crippen molar-refractivity contribution in [3.05, 3.63) is 59.7 Å². The SMILES string of the molecule is CC1(C)OB(c2ccc3c(c2)CCN3C(=O)Cc2ccccc2)OC1(C)C. The van der Waals surface area contributed by atoms with Crippen molar-refractivity contribution in [2.45, 2.75) is 51.7 Å². The molecule has 0 aliphatic carbocycles. The quantitative estimate of drug-likeness (QED) is 0.787. The zero-order valence-corrected chi connectivity index (χ0v) is 16.5. The van der Waals surface area contributed by atoms with Crippen molar-refractivity contribution >= 4 is 24.2 Å². The fourth-order valence-electron chi connectivity index (χ4n) is 3.67. The lowest BCUT2D eigenvalue weighted by Crippen LogP contribution is -2.41. The van der Waals surface area contributed by atoms with E-state index in [4.69, 9.17) is 9.31 Å². The Morgan fingerprint density at radius 3 is 2.37 bits per heavy atom. The van der Waals surface area contributed by atoms with Crippen LogP contribution in [0.25, 0.3) is 0 Å². The van der Waals surface area contributed by atoms with Crippen LogP contribution < -0.4 is 10.4 Å². The van der Waals surface area contributed by atoms with Gasteiger partial charge in [-0.05, 0) is 56.8 Å². The molecule has 2 heterocycles. The topological polar surface area (TPSA) is 38.8 Å². The third kappa shape index (κ3) is 3.30. The summed E-state index contributed by atoms with van der Waals surface area (Å²) in [5, 5.41) is 0. The van der Waals surface area contributed by atoms with E-state index in [0.717, 1.165) is 29.7 Å².